The molecule has 0 aliphatic rings. The van der Waals surface area contributed by atoms with E-state index in [1.54, 1.807) is 0 Å². The fraction of sp³-hybridized carbons (Fsp3) is 0.696. The molecule has 0 bridgehead atoms. The molecule has 0 spiro atoms. The molecule has 4 N–H and O–H groups in total. The molecule has 12 heteroatoms. The highest BCUT2D eigenvalue weighted by Gasteiger charge is 2.27. The molecule has 0 aliphatic carbocycles. The third kappa shape index (κ3) is 40.2. The van der Waals surface area contributed by atoms with Crippen molar-refractivity contribution in [2.75, 3.05) is 26.4 Å². The largest absolute Gasteiger partial charge is 0.472 e. The van der Waals surface area contributed by atoms with Crippen LogP contribution in [0.4, 0.5) is 0 Å². The Balaban J connectivity index is 4.44. The Labute approximate surface area is 351 Å². The van der Waals surface area contributed by atoms with Crippen LogP contribution in [0.15, 0.2) is 72.9 Å². The lowest BCUT2D eigenvalue weighted by Gasteiger charge is -2.20. The van der Waals surface area contributed by atoms with E-state index in [-0.39, 0.29) is 25.6 Å². The van der Waals surface area contributed by atoms with Gasteiger partial charge in [0.1, 0.15) is 12.7 Å². The monoisotopic (exact) mass is 839 g/mol. The number of hydrogen-bond donors (Lipinski definition) is 4. The zero-order valence-corrected chi connectivity index (χ0v) is 36.7. The summed E-state index contributed by atoms with van der Waals surface area (Å²) in [6.07, 6.45) is 43.5. The smallest absolute Gasteiger partial charge is 0.462 e. The quantitative estimate of drug-likeness (QED) is 0.0200. The molecule has 0 aromatic rings. The third-order valence-corrected chi connectivity index (χ3v) is 9.85. The Hall–Kier alpha value is -2.63. The van der Waals surface area contributed by atoms with E-state index in [0.717, 1.165) is 77.0 Å². The Kier molecular flexibility index (Phi) is 39.3. The van der Waals surface area contributed by atoms with Gasteiger partial charge in [0.05, 0.1) is 25.9 Å². The summed E-state index contributed by atoms with van der Waals surface area (Å²) >= 11 is 0. The van der Waals surface area contributed by atoms with Crippen LogP contribution in [0.3, 0.4) is 0 Å². The molecule has 0 amide bonds. The molecule has 0 aromatic heterocycles. The zero-order chi connectivity index (χ0) is 42.8. The van der Waals surface area contributed by atoms with Gasteiger partial charge in [0.2, 0.25) is 0 Å². The molecule has 0 heterocycles. The van der Waals surface area contributed by atoms with Crippen LogP contribution in [-0.2, 0) is 32.7 Å². The maximum absolute atomic E-state index is 12.6. The zero-order valence-electron chi connectivity index (χ0n) is 35.8. The predicted octanol–water partition coefficient (Wildman–Crippen LogP) is 10.6. The van der Waals surface area contributed by atoms with Crippen molar-refractivity contribution in [3.05, 3.63) is 72.9 Å². The summed E-state index contributed by atoms with van der Waals surface area (Å²) in [5.74, 6) is -1.03. The standard InChI is InChI=1S/C46H79O11P/c1-3-5-7-8-9-10-11-12-13-14-15-16-20-23-26-29-32-36-45(50)54-40-44(41-56-58(52,53)55-39-43(49)38-47)57-46(51)37-33-30-27-24-21-18-17-19-22-25-28-31-35-42(48)34-6-4-2/h9-10,12-13,17-18,22,24-25,27,31,35,42-44,47-49H,3-8,11,14-16,19-21,23,26,28-30,32-34,36-41H2,1-2H3,(H,52,53)/b10-9-,13-12-,18-17-,25-22-,27-24-,35-31-/t42-,43+,44-/m1/s1. The summed E-state index contributed by atoms with van der Waals surface area (Å²) in [6, 6.07) is 0. The SMILES string of the molecule is CCCCC/C=C\C/C=C\CCCCCCCCCC(=O)OC[C@H](COP(=O)(O)OC[C@@H](O)CO)OC(=O)CCC/C=C\C/C=C\C/C=C\C/C=C\[C@H](O)CCCC. The van der Waals surface area contributed by atoms with Gasteiger partial charge in [-0.15, -0.1) is 0 Å². The van der Waals surface area contributed by atoms with Crippen molar-refractivity contribution in [1.82, 2.24) is 0 Å². The minimum absolute atomic E-state index is 0.0863. The molecule has 334 valence electrons. The van der Waals surface area contributed by atoms with Gasteiger partial charge in [-0.3, -0.25) is 18.6 Å². The molecule has 0 radical (unpaired) electrons. The highest BCUT2D eigenvalue weighted by Crippen LogP contribution is 2.43. The molecular weight excluding hydrogens is 759 g/mol. The third-order valence-electron chi connectivity index (χ3n) is 8.90. The number of phosphoric ester groups is 1. The van der Waals surface area contributed by atoms with Gasteiger partial charge in [-0.1, -0.05) is 145 Å². The Morgan fingerprint density at radius 3 is 1.64 bits per heavy atom. The minimum Gasteiger partial charge on any atom is -0.462 e. The first-order chi connectivity index (χ1) is 28.1. The summed E-state index contributed by atoms with van der Waals surface area (Å²) < 4.78 is 32.6. The van der Waals surface area contributed by atoms with Gasteiger partial charge in [0.25, 0.3) is 0 Å². The molecule has 11 nitrogen and oxygen atoms in total. The molecule has 0 aromatic carbocycles. The number of aliphatic hydroxyl groups is 3. The topological polar surface area (TPSA) is 169 Å². The van der Waals surface area contributed by atoms with Gasteiger partial charge in [-0.25, -0.2) is 4.57 Å². The number of phosphoric acid groups is 1. The number of carbonyl (C=O) groups is 2. The fourth-order valence-corrected chi connectivity index (χ4v) is 6.23. The lowest BCUT2D eigenvalue weighted by molar-refractivity contribution is -0.161. The molecule has 58 heavy (non-hydrogen) atoms. The molecule has 4 atom stereocenters. The Bertz CT molecular complexity index is 1210. The van der Waals surface area contributed by atoms with Gasteiger partial charge < -0.3 is 29.7 Å². The van der Waals surface area contributed by atoms with Crippen molar-refractivity contribution in [2.24, 2.45) is 0 Å². The number of hydrogen-bond acceptors (Lipinski definition) is 10. The maximum atomic E-state index is 12.6. The van der Waals surface area contributed by atoms with Crippen LogP contribution in [-0.4, -0.2) is 76.9 Å². The molecule has 0 aliphatic heterocycles. The van der Waals surface area contributed by atoms with Crippen molar-refractivity contribution in [3.63, 3.8) is 0 Å². The summed E-state index contributed by atoms with van der Waals surface area (Å²) in [7, 11) is -4.65. The maximum Gasteiger partial charge on any atom is 0.472 e. The molecular formula is C46H79O11P. The number of rotatable bonds is 40. The number of ether oxygens (including phenoxy) is 2. The van der Waals surface area contributed by atoms with Gasteiger partial charge >= 0.3 is 19.8 Å². The highest BCUT2D eigenvalue weighted by molar-refractivity contribution is 7.47. The average molecular weight is 839 g/mol. The van der Waals surface area contributed by atoms with E-state index < -0.39 is 51.8 Å². The Morgan fingerprint density at radius 2 is 1.05 bits per heavy atom. The second-order valence-electron chi connectivity index (χ2n) is 14.5. The number of aliphatic hydroxyl groups excluding tert-OH is 3. The summed E-state index contributed by atoms with van der Waals surface area (Å²) in [4.78, 5) is 35.0. The van der Waals surface area contributed by atoms with Gasteiger partial charge in [-0.2, -0.15) is 0 Å². The number of carbonyl (C=O) groups excluding carboxylic acids is 2. The second kappa shape index (κ2) is 41.1. The van der Waals surface area contributed by atoms with Crippen LogP contribution in [0.5, 0.6) is 0 Å². The lowest BCUT2D eigenvalue weighted by Crippen LogP contribution is -2.29. The van der Waals surface area contributed by atoms with E-state index in [2.05, 4.69) is 67.0 Å². The van der Waals surface area contributed by atoms with Gasteiger partial charge in [0.15, 0.2) is 6.10 Å². The van der Waals surface area contributed by atoms with Crippen molar-refractivity contribution in [3.8, 4) is 0 Å². The number of allylic oxidation sites excluding steroid dienone is 11. The van der Waals surface area contributed by atoms with Crippen molar-refractivity contribution >= 4 is 19.8 Å². The molecule has 0 saturated carbocycles. The molecule has 0 fully saturated rings. The first kappa shape index (κ1) is 55.4. The molecule has 0 saturated heterocycles. The second-order valence-corrected chi connectivity index (χ2v) is 16.0. The van der Waals surface area contributed by atoms with Crippen molar-refractivity contribution < 1.29 is 52.9 Å². The summed E-state index contributed by atoms with van der Waals surface area (Å²) in [6.45, 7) is 2.10. The van der Waals surface area contributed by atoms with E-state index in [4.69, 9.17) is 19.1 Å². The van der Waals surface area contributed by atoms with Crippen molar-refractivity contribution in [1.29, 1.82) is 0 Å². The van der Waals surface area contributed by atoms with Crippen LogP contribution in [0.1, 0.15) is 162 Å². The van der Waals surface area contributed by atoms with Crippen LogP contribution in [0, 0.1) is 0 Å². The molecule has 0 rings (SSSR count). The van der Waals surface area contributed by atoms with E-state index in [1.807, 2.05) is 24.3 Å². The predicted molar refractivity (Wildman–Crippen MR) is 234 cm³/mol. The first-order valence-electron chi connectivity index (χ1n) is 22.0. The summed E-state index contributed by atoms with van der Waals surface area (Å²) in [5.41, 5.74) is 0. The van der Waals surface area contributed by atoms with Gasteiger partial charge in [-0.05, 0) is 77.0 Å². The molecule has 1 unspecified atom stereocenters. The minimum atomic E-state index is -4.65. The van der Waals surface area contributed by atoms with E-state index in [1.165, 1.54) is 38.5 Å². The van der Waals surface area contributed by atoms with Crippen LogP contribution >= 0.6 is 7.82 Å². The normalized spacial score (nSPS) is 15.1. The van der Waals surface area contributed by atoms with E-state index >= 15 is 0 Å². The highest BCUT2D eigenvalue weighted by atomic mass is 31.2. The van der Waals surface area contributed by atoms with E-state index in [0.29, 0.717) is 19.3 Å². The summed E-state index contributed by atoms with van der Waals surface area (Å²) in [5, 5.41) is 28.1. The number of esters is 2. The Morgan fingerprint density at radius 1 is 0.569 bits per heavy atom. The van der Waals surface area contributed by atoms with Crippen LogP contribution in [0.25, 0.3) is 0 Å². The number of unbranched alkanes of at least 4 members (excludes halogenated alkanes) is 12. The first-order valence-corrected chi connectivity index (χ1v) is 23.5. The van der Waals surface area contributed by atoms with Crippen LogP contribution in [0.2, 0.25) is 0 Å². The average Bonchev–Trinajstić information content (AvgIpc) is 3.21. The van der Waals surface area contributed by atoms with Crippen LogP contribution < -0.4 is 0 Å². The van der Waals surface area contributed by atoms with Crippen molar-refractivity contribution in [2.45, 2.75) is 180 Å². The fourth-order valence-electron chi connectivity index (χ4n) is 5.44. The lowest BCUT2D eigenvalue weighted by atomic mass is 10.1. The van der Waals surface area contributed by atoms with Gasteiger partial charge in [0, 0.05) is 12.8 Å². The van der Waals surface area contributed by atoms with E-state index in [9.17, 15) is 29.3 Å².